The van der Waals surface area contributed by atoms with Crippen LogP contribution in [0.15, 0.2) is 93.5 Å². The Morgan fingerprint density at radius 1 is 1.08 bits per heavy atom. The summed E-state index contributed by atoms with van der Waals surface area (Å²) in [6.07, 6.45) is 0. The van der Waals surface area contributed by atoms with Gasteiger partial charge < -0.3 is 4.74 Å². The molecule has 1 amide bonds. The monoisotopic (exact) mass is 529 g/mol. The second kappa shape index (κ2) is 10.4. The molecule has 0 saturated carbocycles. The van der Waals surface area contributed by atoms with Gasteiger partial charge in [0.2, 0.25) is 5.13 Å². The third-order valence-corrected chi connectivity index (χ3v) is 6.73. The molecule has 3 aromatic carbocycles. The predicted octanol–water partition coefficient (Wildman–Crippen LogP) is 6.58. The molecule has 0 fully saturated rings. The minimum Gasteiger partial charge on any atom is -0.497 e. The van der Waals surface area contributed by atoms with Crippen LogP contribution in [0.3, 0.4) is 0 Å². The first-order valence-electron chi connectivity index (χ1n) is 11.2. The Hall–Kier alpha value is -4.21. The van der Waals surface area contributed by atoms with E-state index >= 15 is 0 Å². The van der Waals surface area contributed by atoms with E-state index in [9.17, 15) is 9.59 Å². The largest absolute Gasteiger partial charge is 0.497 e. The third kappa shape index (κ3) is 5.04. The molecule has 0 radical (unpaired) electrons. The van der Waals surface area contributed by atoms with Gasteiger partial charge in [-0.05, 0) is 49.4 Å². The smallest absolute Gasteiger partial charge is 0.282 e. The lowest BCUT2D eigenvalue weighted by Crippen LogP contribution is -2.29. The van der Waals surface area contributed by atoms with Crippen LogP contribution in [-0.4, -0.2) is 35.5 Å². The van der Waals surface area contributed by atoms with Gasteiger partial charge in [-0.1, -0.05) is 41.9 Å². The van der Waals surface area contributed by atoms with Crippen molar-refractivity contribution >= 4 is 51.2 Å². The molecule has 184 valence electrons. The number of halogens is 1. The second-order valence-electron chi connectivity index (χ2n) is 8.11. The van der Waals surface area contributed by atoms with Gasteiger partial charge in [-0.2, -0.15) is 20.3 Å². The van der Waals surface area contributed by atoms with E-state index in [0.717, 1.165) is 17.0 Å². The molecular formula is C27H20ClN5O3S. The fourth-order valence-electron chi connectivity index (χ4n) is 3.72. The number of nitrogens with zero attached hydrogens (tertiary/aromatic N) is 5. The van der Waals surface area contributed by atoms with Crippen molar-refractivity contribution in [2.45, 2.75) is 13.0 Å². The number of methoxy groups -OCH3 is 1. The molecule has 10 heteroatoms. The van der Waals surface area contributed by atoms with E-state index in [4.69, 9.17) is 16.3 Å². The maximum absolute atomic E-state index is 13.2. The van der Waals surface area contributed by atoms with Crippen molar-refractivity contribution in [2.24, 2.45) is 15.3 Å². The molecule has 1 unspecified atom stereocenters. The van der Waals surface area contributed by atoms with Crippen LogP contribution in [0.2, 0.25) is 5.02 Å². The Kier molecular flexibility index (Phi) is 6.89. The van der Waals surface area contributed by atoms with Crippen LogP contribution in [-0.2, 0) is 4.79 Å². The summed E-state index contributed by atoms with van der Waals surface area (Å²) in [7, 11) is 1.61. The van der Waals surface area contributed by atoms with E-state index in [1.54, 1.807) is 56.5 Å². The topological polar surface area (TPSA) is 96.6 Å². The number of benzene rings is 3. The van der Waals surface area contributed by atoms with Crippen molar-refractivity contribution in [1.82, 2.24) is 4.98 Å². The van der Waals surface area contributed by atoms with Crippen molar-refractivity contribution in [3.05, 3.63) is 94.3 Å². The standard InChI is InChI=1S/C27H20ClN5O3S/c1-16-24(31-30-22-13-10-19(28)14-21(22)25(34)18-6-4-3-5-7-18)26(35)33(32-16)27-29-23(15-37-27)17-8-11-20(36-2)12-9-17/h3-15,24H,1-2H3. The average Bonchev–Trinajstić information content (AvgIpc) is 3.52. The van der Waals surface area contributed by atoms with E-state index in [-0.39, 0.29) is 11.7 Å². The van der Waals surface area contributed by atoms with Crippen LogP contribution >= 0.6 is 22.9 Å². The van der Waals surface area contributed by atoms with E-state index in [1.807, 2.05) is 35.7 Å². The van der Waals surface area contributed by atoms with Crippen LogP contribution in [0.5, 0.6) is 5.75 Å². The lowest BCUT2D eigenvalue weighted by molar-refractivity contribution is -0.117. The zero-order valence-corrected chi connectivity index (χ0v) is 21.4. The summed E-state index contributed by atoms with van der Waals surface area (Å²) in [5, 5.41) is 16.8. The lowest BCUT2D eigenvalue weighted by Gasteiger charge is -2.09. The first-order valence-corrected chi connectivity index (χ1v) is 12.5. The summed E-state index contributed by atoms with van der Waals surface area (Å²) in [5.41, 5.74) is 3.19. The summed E-state index contributed by atoms with van der Waals surface area (Å²) in [5.74, 6) is 0.133. The fourth-order valence-corrected chi connectivity index (χ4v) is 4.68. The molecule has 37 heavy (non-hydrogen) atoms. The minimum atomic E-state index is -0.927. The molecule has 1 atom stereocenters. The number of carbonyl (C=O) groups is 2. The second-order valence-corrected chi connectivity index (χ2v) is 9.38. The van der Waals surface area contributed by atoms with Crippen LogP contribution in [0.25, 0.3) is 11.3 Å². The summed E-state index contributed by atoms with van der Waals surface area (Å²) in [4.78, 5) is 30.8. The van der Waals surface area contributed by atoms with Gasteiger partial charge in [-0.25, -0.2) is 4.98 Å². The van der Waals surface area contributed by atoms with E-state index in [2.05, 4.69) is 20.3 Å². The van der Waals surface area contributed by atoms with Crippen molar-refractivity contribution < 1.29 is 14.3 Å². The molecule has 2 heterocycles. The molecule has 4 aromatic rings. The summed E-state index contributed by atoms with van der Waals surface area (Å²) < 4.78 is 5.20. The van der Waals surface area contributed by atoms with Crippen LogP contribution in [0, 0.1) is 0 Å². The number of ketones is 1. The zero-order chi connectivity index (χ0) is 25.9. The van der Waals surface area contributed by atoms with Crippen LogP contribution < -0.4 is 9.75 Å². The first kappa shape index (κ1) is 24.5. The highest BCUT2D eigenvalue weighted by atomic mass is 35.5. The number of ether oxygens (including phenoxy) is 1. The Bertz CT molecular complexity index is 1530. The molecule has 0 bridgehead atoms. The van der Waals surface area contributed by atoms with E-state index in [0.29, 0.717) is 32.7 Å². The number of anilines is 1. The highest BCUT2D eigenvalue weighted by Crippen LogP contribution is 2.32. The zero-order valence-electron chi connectivity index (χ0n) is 19.8. The van der Waals surface area contributed by atoms with Crippen molar-refractivity contribution in [1.29, 1.82) is 0 Å². The molecule has 1 aliphatic rings. The maximum atomic E-state index is 13.2. The molecule has 0 saturated heterocycles. The Morgan fingerprint density at radius 2 is 1.84 bits per heavy atom. The highest BCUT2D eigenvalue weighted by Gasteiger charge is 2.36. The number of hydrogen-bond acceptors (Lipinski definition) is 8. The molecule has 1 aliphatic heterocycles. The molecule has 0 N–H and O–H groups in total. The van der Waals surface area contributed by atoms with Crippen LogP contribution in [0.1, 0.15) is 22.8 Å². The van der Waals surface area contributed by atoms with Gasteiger partial charge in [-0.3, -0.25) is 9.59 Å². The normalized spacial score (nSPS) is 15.3. The van der Waals surface area contributed by atoms with Gasteiger partial charge in [0.1, 0.15) is 5.75 Å². The SMILES string of the molecule is COc1ccc(-c2csc(N3N=C(C)C(N=Nc4ccc(Cl)cc4C(=O)c4ccccc4)C3=O)n2)cc1. The van der Waals surface area contributed by atoms with Gasteiger partial charge in [0.05, 0.1) is 29.8 Å². The summed E-state index contributed by atoms with van der Waals surface area (Å²) in [6.45, 7) is 1.71. The number of amides is 1. The maximum Gasteiger partial charge on any atom is 0.282 e. The highest BCUT2D eigenvalue weighted by molar-refractivity contribution is 7.14. The average molecular weight is 530 g/mol. The minimum absolute atomic E-state index is 0.240. The first-order chi connectivity index (χ1) is 17.9. The van der Waals surface area contributed by atoms with E-state index < -0.39 is 6.04 Å². The fraction of sp³-hybridized carbons (Fsp3) is 0.111. The number of carbonyl (C=O) groups excluding carboxylic acids is 2. The van der Waals surface area contributed by atoms with Crippen LogP contribution in [0.4, 0.5) is 10.8 Å². The number of rotatable bonds is 7. The Morgan fingerprint density at radius 3 is 2.57 bits per heavy atom. The number of thiazole rings is 1. The summed E-state index contributed by atoms with van der Waals surface area (Å²) >= 11 is 7.46. The number of aromatic nitrogens is 1. The summed E-state index contributed by atoms with van der Waals surface area (Å²) in [6, 6.07) is 20.2. The molecular weight excluding hydrogens is 510 g/mol. The Balaban J connectivity index is 1.37. The van der Waals surface area contributed by atoms with Gasteiger partial charge in [0, 0.05) is 21.5 Å². The van der Waals surface area contributed by atoms with Gasteiger partial charge >= 0.3 is 0 Å². The lowest BCUT2D eigenvalue weighted by atomic mass is 10.0. The van der Waals surface area contributed by atoms with Crippen molar-refractivity contribution in [3.8, 4) is 17.0 Å². The molecule has 8 nitrogen and oxygen atoms in total. The predicted molar refractivity (Wildman–Crippen MR) is 144 cm³/mol. The molecule has 5 rings (SSSR count). The molecule has 1 aromatic heterocycles. The van der Waals surface area contributed by atoms with Crippen molar-refractivity contribution in [2.75, 3.05) is 12.1 Å². The van der Waals surface area contributed by atoms with Gasteiger partial charge in [0.15, 0.2) is 11.8 Å². The quantitative estimate of drug-likeness (QED) is 0.199. The number of azo groups is 1. The third-order valence-electron chi connectivity index (χ3n) is 5.68. The number of hydrazone groups is 1. The van der Waals surface area contributed by atoms with Gasteiger partial charge in [0.25, 0.3) is 5.91 Å². The Labute approximate surface area is 221 Å². The molecule has 0 aliphatic carbocycles. The number of hydrogen-bond donors (Lipinski definition) is 0. The van der Waals surface area contributed by atoms with Gasteiger partial charge in [-0.15, -0.1) is 11.3 Å². The molecule has 0 spiro atoms. The van der Waals surface area contributed by atoms with Crippen molar-refractivity contribution in [3.63, 3.8) is 0 Å². The van der Waals surface area contributed by atoms with E-state index in [1.165, 1.54) is 16.3 Å².